The minimum absolute atomic E-state index is 1.19. The van der Waals surface area contributed by atoms with E-state index in [1.165, 1.54) is 55.0 Å². The Morgan fingerprint density at radius 2 is 1.13 bits per heavy atom. The fourth-order valence-electron chi connectivity index (χ4n) is 4.76. The van der Waals surface area contributed by atoms with E-state index in [0.29, 0.717) is 0 Å². The van der Waals surface area contributed by atoms with Gasteiger partial charge in [0.1, 0.15) is 0 Å². The first-order chi connectivity index (χ1) is 14.8. The largest absolute Gasteiger partial charge is 0.309 e. The summed E-state index contributed by atoms with van der Waals surface area (Å²) in [5.41, 5.74) is 7.53. The number of fused-ring (bicyclic) bond motifs is 4. The Kier molecular flexibility index (Phi) is 3.75. The highest BCUT2D eigenvalue weighted by atomic mass is 15.0. The van der Waals surface area contributed by atoms with E-state index in [0.717, 1.165) is 0 Å². The zero-order chi connectivity index (χ0) is 20.1. The lowest BCUT2D eigenvalue weighted by Gasteiger charge is -2.12. The van der Waals surface area contributed by atoms with Crippen molar-refractivity contribution in [3.05, 3.63) is 115 Å². The highest BCUT2D eigenvalue weighted by molar-refractivity contribution is 6.09. The number of nitrogens with zero attached hydrogens (tertiary/aromatic N) is 1. The van der Waals surface area contributed by atoms with Crippen LogP contribution in [0.25, 0.3) is 49.4 Å². The van der Waals surface area contributed by atoms with Gasteiger partial charge in [-0.05, 0) is 58.7 Å². The summed E-state index contributed by atoms with van der Waals surface area (Å²) in [5.74, 6) is 0. The number of benzene rings is 5. The molecule has 0 aliphatic rings. The van der Waals surface area contributed by atoms with E-state index >= 15 is 0 Å². The fourth-order valence-corrected chi connectivity index (χ4v) is 4.76. The molecule has 1 heterocycles. The summed E-state index contributed by atoms with van der Waals surface area (Å²) >= 11 is 0. The minimum atomic E-state index is 1.19. The van der Waals surface area contributed by atoms with Crippen LogP contribution < -0.4 is 0 Å². The molecule has 0 radical (unpaired) electrons. The lowest BCUT2D eigenvalue weighted by molar-refractivity contribution is 1.18. The first-order valence-corrected chi connectivity index (χ1v) is 10.4. The van der Waals surface area contributed by atoms with Gasteiger partial charge in [0.25, 0.3) is 0 Å². The molecular weight excluding hydrogens is 362 g/mol. The maximum atomic E-state index is 2.36. The van der Waals surface area contributed by atoms with Gasteiger partial charge in [0.15, 0.2) is 0 Å². The molecule has 6 aromatic rings. The summed E-state index contributed by atoms with van der Waals surface area (Å²) in [6.07, 6.45) is 0. The van der Waals surface area contributed by atoms with Gasteiger partial charge < -0.3 is 4.57 Å². The zero-order valence-electron chi connectivity index (χ0n) is 16.8. The maximum absolute atomic E-state index is 2.36. The van der Waals surface area contributed by atoms with E-state index in [9.17, 15) is 0 Å². The zero-order valence-corrected chi connectivity index (χ0v) is 16.8. The molecule has 0 saturated heterocycles. The average Bonchev–Trinajstić information content (AvgIpc) is 3.14. The number of hydrogen-bond acceptors (Lipinski definition) is 0. The van der Waals surface area contributed by atoms with Crippen molar-refractivity contribution >= 4 is 32.6 Å². The third-order valence-electron chi connectivity index (χ3n) is 6.13. The van der Waals surface area contributed by atoms with E-state index in [1.807, 2.05) is 0 Å². The van der Waals surface area contributed by atoms with Gasteiger partial charge in [-0.3, -0.25) is 0 Å². The summed E-state index contributed by atoms with van der Waals surface area (Å²) in [7, 11) is 0. The molecule has 6 rings (SSSR count). The van der Waals surface area contributed by atoms with Crippen LogP contribution in [0.1, 0.15) is 5.56 Å². The Balaban J connectivity index is 1.56. The van der Waals surface area contributed by atoms with E-state index in [1.54, 1.807) is 0 Å². The Hall–Kier alpha value is -3.84. The van der Waals surface area contributed by atoms with Crippen LogP contribution in [-0.2, 0) is 0 Å². The molecule has 5 aromatic carbocycles. The monoisotopic (exact) mass is 383 g/mol. The molecule has 0 unspecified atom stereocenters. The van der Waals surface area contributed by atoms with E-state index < -0.39 is 0 Å². The number of hydrogen-bond donors (Lipinski definition) is 0. The molecule has 30 heavy (non-hydrogen) atoms. The van der Waals surface area contributed by atoms with Crippen molar-refractivity contribution in [2.24, 2.45) is 0 Å². The summed E-state index contributed by atoms with van der Waals surface area (Å²) in [5, 5.41) is 5.22. The second-order valence-electron chi connectivity index (χ2n) is 7.90. The van der Waals surface area contributed by atoms with Gasteiger partial charge in [-0.25, -0.2) is 0 Å². The maximum Gasteiger partial charge on any atom is 0.0541 e. The molecule has 0 N–H and O–H groups in total. The number of aromatic nitrogens is 1. The smallest absolute Gasteiger partial charge is 0.0541 e. The van der Waals surface area contributed by atoms with Crippen molar-refractivity contribution in [1.29, 1.82) is 0 Å². The van der Waals surface area contributed by atoms with Crippen LogP contribution in [0.15, 0.2) is 109 Å². The summed E-state index contributed by atoms with van der Waals surface area (Å²) in [6.45, 7) is 2.19. The molecule has 0 spiro atoms. The lowest BCUT2D eigenvalue weighted by Crippen LogP contribution is -1.93. The SMILES string of the molecule is Cc1cccc2cccc(-c3ccc(-n4c5ccccc5c5ccccc54)cc3)c12. The van der Waals surface area contributed by atoms with Gasteiger partial charge >= 0.3 is 0 Å². The van der Waals surface area contributed by atoms with Crippen LogP contribution in [0.4, 0.5) is 0 Å². The quantitative estimate of drug-likeness (QED) is 0.286. The second-order valence-corrected chi connectivity index (χ2v) is 7.90. The van der Waals surface area contributed by atoms with Crippen molar-refractivity contribution in [2.75, 3.05) is 0 Å². The van der Waals surface area contributed by atoms with Gasteiger partial charge in [-0.15, -0.1) is 0 Å². The predicted molar refractivity (Wildman–Crippen MR) is 128 cm³/mol. The standard InChI is InChI=1S/C29H21N/c1-20-8-6-9-22-10-7-13-24(29(20)22)21-16-18-23(19-17-21)30-27-14-4-2-11-25(27)26-12-3-5-15-28(26)30/h2-19H,1H3. The Bertz CT molecular complexity index is 1480. The highest BCUT2D eigenvalue weighted by Gasteiger charge is 2.12. The fraction of sp³-hybridized carbons (Fsp3) is 0.0345. The lowest BCUT2D eigenvalue weighted by atomic mass is 9.95. The highest BCUT2D eigenvalue weighted by Crippen LogP contribution is 2.34. The first-order valence-electron chi connectivity index (χ1n) is 10.4. The summed E-state index contributed by atoms with van der Waals surface area (Å²) in [4.78, 5) is 0. The molecule has 0 aliphatic carbocycles. The minimum Gasteiger partial charge on any atom is -0.309 e. The topological polar surface area (TPSA) is 4.93 Å². The first kappa shape index (κ1) is 17.1. The van der Waals surface area contributed by atoms with Gasteiger partial charge in [0, 0.05) is 16.5 Å². The summed E-state index contributed by atoms with van der Waals surface area (Å²) in [6, 6.07) is 39.4. The van der Waals surface area contributed by atoms with Crippen LogP contribution in [0.5, 0.6) is 0 Å². The van der Waals surface area contributed by atoms with Crippen molar-refractivity contribution in [2.45, 2.75) is 6.92 Å². The van der Waals surface area contributed by atoms with Crippen molar-refractivity contribution in [1.82, 2.24) is 4.57 Å². The molecule has 1 nitrogen and oxygen atoms in total. The molecule has 0 saturated carbocycles. The van der Waals surface area contributed by atoms with Gasteiger partial charge in [0.05, 0.1) is 11.0 Å². The third kappa shape index (κ3) is 2.49. The van der Waals surface area contributed by atoms with Gasteiger partial charge in [-0.2, -0.15) is 0 Å². The second kappa shape index (κ2) is 6.60. The predicted octanol–water partition coefficient (Wildman–Crippen LogP) is 7.91. The third-order valence-corrected chi connectivity index (χ3v) is 6.13. The molecule has 0 amide bonds. The molecule has 0 aliphatic heterocycles. The van der Waals surface area contributed by atoms with Crippen molar-refractivity contribution in [3.63, 3.8) is 0 Å². The van der Waals surface area contributed by atoms with Crippen molar-refractivity contribution < 1.29 is 0 Å². The molecule has 0 atom stereocenters. The average molecular weight is 383 g/mol. The number of rotatable bonds is 2. The van der Waals surface area contributed by atoms with Crippen molar-refractivity contribution in [3.8, 4) is 16.8 Å². The molecule has 0 bridgehead atoms. The molecule has 142 valence electrons. The molecule has 0 fully saturated rings. The molecular formula is C29H21N. The van der Waals surface area contributed by atoms with Crippen LogP contribution in [0.3, 0.4) is 0 Å². The van der Waals surface area contributed by atoms with E-state index in [4.69, 9.17) is 0 Å². The Labute approximate surface area is 175 Å². The van der Waals surface area contributed by atoms with Crippen LogP contribution in [0, 0.1) is 6.92 Å². The Morgan fingerprint density at radius 3 is 1.80 bits per heavy atom. The normalized spacial score (nSPS) is 11.5. The van der Waals surface area contributed by atoms with Crippen LogP contribution >= 0.6 is 0 Å². The van der Waals surface area contributed by atoms with E-state index in [-0.39, 0.29) is 0 Å². The van der Waals surface area contributed by atoms with Gasteiger partial charge in [-0.1, -0.05) is 84.9 Å². The number of para-hydroxylation sites is 2. The number of aryl methyl sites for hydroxylation is 1. The molecule has 1 heteroatoms. The summed E-state index contributed by atoms with van der Waals surface area (Å²) < 4.78 is 2.36. The van der Waals surface area contributed by atoms with E-state index in [2.05, 4.69) is 121 Å². The van der Waals surface area contributed by atoms with Gasteiger partial charge in [0.2, 0.25) is 0 Å². The van der Waals surface area contributed by atoms with Crippen LogP contribution in [0.2, 0.25) is 0 Å². The Morgan fingerprint density at radius 1 is 0.533 bits per heavy atom. The van der Waals surface area contributed by atoms with Crippen LogP contribution in [-0.4, -0.2) is 4.57 Å². The molecule has 1 aromatic heterocycles.